The summed E-state index contributed by atoms with van der Waals surface area (Å²) in [6.45, 7) is 1.73. The number of hydrogen-bond donors (Lipinski definition) is 1. The van der Waals surface area contributed by atoms with Gasteiger partial charge in [0.25, 0.3) is 15.9 Å². The molecule has 0 aliphatic rings. The fraction of sp³-hybridized carbons (Fsp3) is 0.136. The van der Waals surface area contributed by atoms with E-state index >= 15 is 0 Å². The Kier molecular flexibility index (Phi) is 6.48. The Morgan fingerprint density at radius 2 is 1.70 bits per heavy atom. The second-order valence-electron chi connectivity index (χ2n) is 6.58. The van der Waals surface area contributed by atoms with Gasteiger partial charge in [-0.15, -0.1) is 0 Å². The molecule has 0 aliphatic carbocycles. The summed E-state index contributed by atoms with van der Waals surface area (Å²) < 4.78 is 33.4. The van der Waals surface area contributed by atoms with Crippen molar-refractivity contribution in [3.63, 3.8) is 0 Å². The number of hydrogen-bond acceptors (Lipinski definition) is 4. The summed E-state index contributed by atoms with van der Waals surface area (Å²) in [5.41, 5.74) is 1.71. The van der Waals surface area contributed by atoms with Crippen LogP contribution in [0.25, 0.3) is 0 Å². The van der Waals surface area contributed by atoms with Gasteiger partial charge in [0.05, 0.1) is 23.3 Å². The Hall–Kier alpha value is -2.84. The van der Waals surface area contributed by atoms with Crippen LogP contribution < -0.4 is 14.4 Å². The highest BCUT2D eigenvalue weighted by molar-refractivity contribution is 9.10. The number of nitrogens with zero attached hydrogens (tertiary/aromatic N) is 1. The van der Waals surface area contributed by atoms with Crippen molar-refractivity contribution in [2.75, 3.05) is 23.8 Å². The summed E-state index contributed by atoms with van der Waals surface area (Å²) in [7, 11) is -0.874. The molecule has 0 radical (unpaired) electrons. The smallest absolute Gasteiger partial charge is 0.264 e. The second-order valence-corrected chi connectivity index (χ2v) is 9.44. The largest absolute Gasteiger partial charge is 0.497 e. The van der Waals surface area contributed by atoms with Gasteiger partial charge in [-0.2, -0.15) is 0 Å². The molecule has 0 fully saturated rings. The number of ether oxygens (including phenoxy) is 1. The monoisotopic (exact) mass is 488 g/mol. The van der Waals surface area contributed by atoms with Gasteiger partial charge in [-0.05, 0) is 61.0 Å². The number of halogens is 1. The van der Waals surface area contributed by atoms with Gasteiger partial charge in [0.2, 0.25) is 0 Å². The summed E-state index contributed by atoms with van der Waals surface area (Å²) in [5, 5.41) is 2.79. The number of carbonyl (C=O) groups excluding carboxylic acids is 1. The number of para-hydroxylation sites is 1. The van der Waals surface area contributed by atoms with Crippen LogP contribution in [0.15, 0.2) is 76.1 Å². The minimum atomic E-state index is -3.88. The number of amides is 1. The van der Waals surface area contributed by atoms with E-state index in [0.717, 1.165) is 4.31 Å². The van der Waals surface area contributed by atoms with E-state index < -0.39 is 15.9 Å². The van der Waals surface area contributed by atoms with Crippen molar-refractivity contribution in [3.05, 3.63) is 82.3 Å². The first-order valence-electron chi connectivity index (χ1n) is 9.03. The molecule has 1 amide bonds. The number of methoxy groups -OCH3 is 1. The highest BCUT2D eigenvalue weighted by atomic mass is 79.9. The molecule has 0 atom stereocenters. The molecule has 3 rings (SSSR count). The van der Waals surface area contributed by atoms with Crippen LogP contribution in [-0.2, 0) is 10.0 Å². The molecule has 0 spiro atoms. The number of nitrogens with one attached hydrogen (secondary N) is 1. The van der Waals surface area contributed by atoms with Crippen molar-refractivity contribution in [2.45, 2.75) is 11.8 Å². The van der Waals surface area contributed by atoms with Crippen LogP contribution in [0, 0.1) is 6.92 Å². The number of carbonyl (C=O) groups is 1. The first-order chi connectivity index (χ1) is 14.2. The maximum absolute atomic E-state index is 13.3. The van der Waals surface area contributed by atoms with Gasteiger partial charge in [-0.25, -0.2) is 8.42 Å². The van der Waals surface area contributed by atoms with Gasteiger partial charge in [0.1, 0.15) is 5.75 Å². The van der Waals surface area contributed by atoms with E-state index in [1.165, 1.54) is 7.05 Å². The maximum atomic E-state index is 13.3. The predicted molar refractivity (Wildman–Crippen MR) is 122 cm³/mol. The summed E-state index contributed by atoms with van der Waals surface area (Å²) in [5.74, 6) is 0.257. The molecular formula is C22H21BrN2O4S. The van der Waals surface area contributed by atoms with E-state index in [1.807, 2.05) is 0 Å². The highest BCUT2D eigenvalue weighted by Crippen LogP contribution is 2.29. The number of aryl methyl sites for hydroxylation is 1. The Morgan fingerprint density at radius 3 is 2.37 bits per heavy atom. The number of sulfonamides is 1. The first-order valence-corrected chi connectivity index (χ1v) is 11.3. The van der Waals surface area contributed by atoms with Crippen molar-refractivity contribution in [1.29, 1.82) is 0 Å². The quantitative estimate of drug-likeness (QED) is 0.538. The van der Waals surface area contributed by atoms with Gasteiger partial charge in [0.15, 0.2) is 0 Å². The normalized spacial score (nSPS) is 11.1. The summed E-state index contributed by atoms with van der Waals surface area (Å²) in [6.07, 6.45) is 0. The zero-order chi connectivity index (χ0) is 21.9. The zero-order valence-electron chi connectivity index (χ0n) is 16.7. The van der Waals surface area contributed by atoms with E-state index in [1.54, 1.807) is 80.8 Å². The summed E-state index contributed by atoms with van der Waals surface area (Å²) >= 11 is 3.32. The average Bonchev–Trinajstić information content (AvgIpc) is 2.75. The molecule has 0 saturated carbocycles. The molecule has 0 aromatic heterocycles. The van der Waals surface area contributed by atoms with Crippen molar-refractivity contribution in [1.82, 2.24) is 0 Å². The SMILES string of the molecule is COc1ccc(NC(=O)c2ccccc2N(C)S(=O)(=O)c2cc(Br)ccc2C)cc1. The third-order valence-corrected chi connectivity index (χ3v) is 7.03. The van der Waals surface area contributed by atoms with Gasteiger partial charge in [0, 0.05) is 17.2 Å². The molecule has 0 bridgehead atoms. The van der Waals surface area contributed by atoms with Crippen LogP contribution in [0.2, 0.25) is 0 Å². The van der Waals surface area contributed by atoms with Crippen LogP contribution in [-0.4, -0.2) is 28.5 Å². The lowest BCUT2D eigenvalue weighted by Crippen LogP contribution is -2.29. The van der Waals surface area contributed by atoms with Gasteiger partial charge in [-0.3, -0.25) is 9.10 Å². The molecule has 3 aromatic carbocycles. The van der Waals surface area contributed by atoms with E-state index in [0.29, 0.717) is 21.5 Å². The lowest BCUT2D eigenvalue weighted by Gasteiger charge is -2.23. The number of rotatable bonds is 6. The van der Waals surface area contributed by atoms with Gasteiger partial charge in [-0.1, -0.05) is 34.1 Å². The average molecular weight is 489 g/mol. The molecule has 30 heavy (non-hydrogen) atoms. The summed E-state index contributed by atoms with van der Waals surface area (Å²) in [6, 6.07) is 18.5. The molecular weight excluding hydrogens is 468 g/mol. The molecule has 1 N–H and O–H groups in total. The van der Waals surface area contributed by atoms with Crippen LogP contribution in [0.3, 0.4) is 0 Å². The molecule has 0 unspecified atom stereocenters. The standard InChI is InChI=1S/C22H21BrN2O4S/c1-15-8-9-16(23)14-21(15)30(27,28)25(2)20-7-5-4-6-19(20)22(26)24-17-10-12-18(29-3)13-11-17/h4-14H,1-3H3,(H,24,26). The molecule has 6 nitrogen and oxygen atoms in total. The van der Waals surface area contributed by atoms with Gasteiger partial charge >= 0.3 is 0 Å². The molecule has 0 saturated heterocycles. The minimum absolute atomic E-state index is 0.171. The van der Waals surface area contributed by atoms with Crippen molar-refractivity contribution < 1.29 is 17.9 Å². The van der Waals surface area contributed by atoms with E-state index in [-0.39, 0.29) is 16.1 Å². The second kappa shape index (κ2) is 8.89. The van der Waals surface area contributed by atoms with E-state index in [4.69, 9.17) is 4.74 Å². The Bertz CT molecular complexity index is 1180. The van der Waals surface area contributed by atoms with Crippen molar-refractivity contribution in [2.24, 2.45) is 0 Å². The topological polar surface area (TPSA) is 75.7 Å². The fourth-order valence-electron chi connectivity index (χ4n) is 2.94. The van der Waals surface area contributed by atoms with Gasteiger partial charge < -0.3 is 10.1 Å². The maximum Gasteiger partial charge on any atom is 0.264 e. The van der Waals surface area contributed by atoms with E-state index in [9.17, 15) is 13.2 Å². The fourth-order valence-corrected chi connectivity index (χ4v) is 4.92. The third-order valence-electron chi connectivity index (χ3n) is 4.62. The van der Waals surface area contributed by atoms with Crippen LogP contribution >= 0.6 is 15.9 Å². The van der Waals surface area contributed by atoms with E-state index in [2.05, 4.69) is 21.2 Å². The summed E-state index contributed by atoms with van der Waals surface area (Å²) in [4.78, 5) is 13.1. The molecule has 0 aliphatic heterocycles. The number of benzene rings is 3. The first kappa shape index (κ1) is 21.9. The molecule has 8 heteroatoms. The number of anilines is 2. The van der Waals surface area contributed by atoms with Crippen LogP contribution in [0.1, 0.15) is 15.9 Å². The molecule has 156 valence electrons. The lowest BCUT2D eigenvalue weighted by molar-refractivity contribution is 0.102. The third kappa shape index (κ3) is 4.49. The highest BCUT2D eigenvalue weighted by Gasteiger charge is 2.26. The lowest BCUT2D eigenvalue weighted by atomic mass is 10.1. The zero-order valence-corrected chi connectivity index (χ0v) is 19.1. The minimum Gasteiger partial charge on any atom is -0.497 e. The van der Waals surface area contributed by atoms with Crippen molar-refractivity contribution >= 4 is 43.2 Å². The molecule has 0 heterocycles. The Morgan fingerprint density at radius 1 is 1.03 bits per heavy atom. The van der Waals surface area contributed by atoms with Crippen LogP contribution in [0.5, 0.6) is 5.75 Å². The predicted octanol–water partition coefficient (Wildman–Crippen LogP) is 4.84. The Balaban J connectivity index is 1.95. The molecule has 3 aromatic rings. The van der Waals surface area contributed by atoms with Crippen LogP contribution in [0.4, 0.5) is 11.4 Å². The Labute approximate surface area is 184 Å². The van der Waals surface area contributed by atoms with Crippen molar-refractivity contribution in [3.8, 4) is 5.75 Å².